The number of rotatable bonds is 9. The maximum Gasteiger partial charge on any atom is 0.410 e. The molecule has 0 spiro atoms. The van der Waals surface area contributed by atoms with Gasteiger partial charge in [-0.2, -0.15) is 0 Å². The van der Waals surface area contributed by atoms with Gasteiger partial charge in [0.2, 0.25) is 0 Å². The number of nitrogens with zero attached hydrogens (tertiary/aromatic N) is 3. The van der Waals surface area contributed by atoms with Crippen molar-refractivity contribution in [2.45, 2.75) is 83.6 Å². The van der Waals surface area contributed by atoms with E-state index in [9.17, 15) is 14.4 Å². The summed E-state index contributed by atoms with van der Waals surface area (Å²) in [5.74, 6) is -0.112. The molecule has 0 aromatic heterocycles. The number of allylic oxidation sites excluding steroid dienone is 2. The van der Waals surface area contributed by atoms with Crippen molar-refractivity contribution in [2.24, 2.45) is 0 Å². The lowest BCUT2D eigenvalue weighted by Gasteiger charge is -2.44. The first-order valence-corrected chi connectivity index (χ1v) is 16.8. The zero-order chi connectivity index (χ0) is 33.6. The zero-order valence-corrected chi connectivity index (χ0v) is 28.3. The van der Waals surface area contributed by atoms with Crippen LogP contribution in [0, 0.1) is 0 Å². The van der Waals surface area contributed by atoms with Gasteiger partial charge in [0, 0.05) is 25.8 Å². The van der Waals surface area contributed by atoms with E-state index in [1.165, 1.54) is 0 Å². The second kappa shape index (κ2) is 14.5. The molecule has 47 heavy (non-hydrogen) atoms. The van der Waals surface area contributed by atoms with E-state index in [1.54, 1.807) is 4.90 Å². The molecule has 5 rings (SSSR count). The minimum atomic E-state index is -0.766. The second-order valence-electron chi connectivity index (χ2n) is 13.5. The summed E-state index contributed by atoms with van der Waals surface area (Å²) in [7, 11) is 0. The van der Waals surface area contributed by atoms with Gasteiger partial charge in [-0.1, -0.05) is 87.0 Å². The van der Waals surface area contributed by atoms with Crippen molar-refractivity contribution in [3.05, 3.63) is 102 Å². The van der Waals surface area contributed by atoms with Gasteiger partial charge in [0.05, 0.1) is 29.9 Å². The summed E-state index contributed by atoms with van der Waals surface area (Å²) in [6.07, 6.45) is 9.73. The zero-order valence-electron chi connectivity index (χ0n) is 28.3. The molecular formula is C38H48N4O5. The first-order valence-electron chi connectivity index (χ1n) is 16.8. The number of carbonyl (C=O) groups is 3. The molecule has 3 amide bonds. The second-order valence-corrected chi connectivity index (χ2v) is 13.5. The molecule has 9 nitrogen and oxygen atoms in total. The SMILES string of the molecule is CCCC1(C(CC)N2C=CC=CC(C(=O)N3CCN(C(=O)OC(C)(C)C)C[C@H]3Cc3ccccc3)=C2c2ccccc2)CNC(=O)O1. The molecule has 2 unspecified atom stereocenters. The highest BCUT2D eigenvalue weighted by atomic mass is 16.6. The van der Waals surface area contributed by atoms with Crippen molar-refractivity contribution in [3.63, 3.8) is 0 Å². The fourth-order valence-electron chi connectivity index (χ4n) is 6.97. The molecule has 0 bridgehead atoms. The lowest BCUT2D eigenvalue weighted by molar-refractivity contribution is -0.131. The Morgan fingerprint density at radius 2 is 1.72 bits per heavy atom. The standard InChI is InChI=1S/C38H48N4O5/c1-6-21-38(27-39-35(44)46-38)32(7-2)42-22-15-14-20-31(33(42)29-18-12-9-13-19-29)34(43)41-24-23-40(36(45)47-37(3,4)5)26-30(41)25-28-16-10-8-11-17-28/h8-20,22,30,32H,6-7,21,23-27H2,1-5H3,(H,39,44)/t30-,32?,38?/m1/s1. The van der Waals surface area contributed by atoms with E-state index < -0.39 is 17.3 Å². The summed E-state index contributed by atoms with van der Waals surface area (Å²) < 4.78 is 11.8. The molecule has 3 aliphatic heterocycles. The van der Waals surface area contributed by atoms with E-state index in [1.807, 2.05) is 98.6 Å². The molecule has 2 saturated heterocycles. The molecule has 3 atom stereocenters. The Morgan fingerprint density at radius 3 is 2.34 bits per heavy atom. The van der Waals surface area contributed by atoms with Crippen LogP contribution in [0.2, 0.25) is 0 Å². The molecule has 0 aliphatic carbocycles. The molecule has 0 radical (unpaired) electrons. The molecule has 3 heterocycles. The van der Waals surface area contributed by atoms with Gasteiger partial charge >= 0.3 is 12.2 Å². The normalized spacial score (nSPS) is 22.1. The summed E-state index contributed by atoms with van der Waals surface area (Å²) in [6.45, 7) is 11.2. The number of cyclic esters (lactones) is 1. The number of hydrogen-bond donors (Lipinski definition) is 1. The smallest absolute Gasteiger partial charge is 0.410 e. The van der Waals surface area contributed by atoms with Crippen molar-refractivity contribution >= 4 is 23.8 Å². The average molecular weight is 641 g/mol. The average Bonchev–Trinajstić information content (AvgIpc) is 3.28. The first kappa shape index (κ1) is 33.8. The molecule has 9 heteroatoms. The third-order valence-corrected chi connectivity index (χ3v) is 8.95. The molecule has 3 aliphatic rings. The van der Waals surface area contributed by atoms with E-state index in [-0.39, 0.29) is 24.1 Å². The van der Waals surface area contributed by atoms with Crippen molar-refractivity contribution in [3.8, 4) is 0 Å². The van der Waals surface area contributed by atoms with E-state index in [0.29, 0.717) is 51.0 Å². The van der Waals surface area contributed by atoms with Crippen LogP contribution in [0.25, 0.3) is 5.70 Å². The van der Waals surface area contributed by atoms with Crippen LogP contribution in [-0.4, -0.2) is 82.3 Å². The number of piperazine rings is 1. The van der Waals surface area contributed by atoms with Crippen LogP contribution in [0.3, 0.4) is 0 Å². The molecule has 1 N–H and O–H groups in total. The Morgan fingerprint density at radius 1 is 1.02 bits per heavy atom. The number of ether oxygens (including phenoxy) is 2. The van der Waals surface area contributed by atoms with E-state index >= 15 is 0 Å². The number of carbonyl (C=O) groups excluding carboxylic acids is 3. The Bertz CT molecular complexity index is 1510. The quantitative estimate of drug-likeness (QED) is 0.335. The molecule has 2 aromatic carbocycles. The van der Waals surface area contributed by atoms with Crippen LogP contribution in [0.15, 0.2) is 90.7 Å². The van der Waals surface area contributed by atoms with Gasteiger partial charge < -0.3 is 29.5 Å². The highest BCUT2D eigenvalue weighted by molar-refractivity contribution is 6.04. The highest BCUT2D eigenvalue weighted by Gasteiger charge is 2.49. The summed E-state index contributed by atoms with van der Waals surface area (Å²) in [5.41, 5.74) is 1.90. The van der Waals surface area contributed by atoms with Crippen molar-refractivity contribution in [2.75, 3.05) is 26.2 Å². The Balaban J connectivity index is 1.57. The molecule has 2 aromatic rings. The van der Waals surface area contributed by atoms with Gasteiger partial charge in [-0.05, 0) is 63.3 Å². The predicted octanol–water partition coefficient (Wildman–Crippen LogP) is 6.53. The van der Waals surface area contributed by atoms with Crippen molar-refractivity contribution < 1.29 is 23.9 Å². The van der Waals surface area contributed by atoms with Crippen molar-refractivity contribution in [1.82, 2.24) is 20.0 Å². The fourth-order valence-corrected chi connectivity index (χ4v) is 6.97. The summed E-state index contributed by atoms with van der Waals surface area (Å²) in [5, 5.41) is 2.90. The predicted molar refractivity (Wildman–Crippen MR) is 183 cm³/mol. The number of benzene rings is 2. The van der Waals surface area contributed by atoms with Crippen LogP contribution in [0.1, 0.15) is 65.0 Å². The van der Waals surface area contributed by atoms with E-state index in [0.717, 1.165) is 23.2 Å². The number of alkyl carbamates (subject to hydrolysis) is 1. The minimum Gasteiger partial charge on any atom is -0.444 e. The van der Waals surface area contributed by atoms with Gasteiger partial charge in [-0.3, -0.25) is 4.79 Å². The Hall–Kier alpha value is -4.53. The Kier molecular flexibility index (Phi) is 10.4. The Labute approximate surface area is 278 Å². The summed E-state index contributed by atoms with van der Waals surface area (Å²) in [6, 6.07) is 19.5. The lowest BCUT2D eigenvalue weighted by atomic mass is 9.85. The summed E-state index contributed by atoms with van der Waals surface area (Å²) in [4.78, 5) is 46.4. The van der Waals surface area contributed by atoms with Crippen LogP contribution in [-0.2, 0) is 20.7 Å². The summed E-state index contributed by atoms with van der Waals surface area (Å²) >= 11 is 0. The molecule has 0 saturated carbocycles. The largest absolute Gasteiger partial charge is 0.444 e. The first-order chi connectivity index (χ1) is 22.5. The fraction of sp³-hybridized carbons (Fsp3) is 0.447. The van der Waals surface area contributed by atoms with E-state index in [4.69, 9.17) is 9.47 Å². The van der Waals surface area contributed by atoms with E-state index in [2.05, 4.69) is 36.2 Å². The minimum absolute atomic E-state index is 0.112. The maximum absolute atomic E-state index is 15.0. The van der Waals surface area contributed by atoms with Crippen LogP contribution >= 0.6 is 0 Å². The van der Waals surface area contributed by atoms with Gasteiger partial charge in [-0.25, -0.2) is 9.59 Å². The lowest BCUT2D eigenvalue weighted by Crippen LogP contribution is -2.58. The van der Waals surface area contributed by atoms with Crippen molar-refractivity contribution in [1.29, 1.82) is 0 Å². The highest BCUT2D eigenvalue weighted by Crippen LogP contribution is 2.39. The van der Waals surface area contributed by atoms with Gasteiger partial charge in [0.1, 0.15) is 5.60 Å². The molecule has 250 valence electrons. The van der Waals surface area contributed by atoms with Gasteiger partial charge in [-0.15, -0.1) is 0 Å². The maximum atomic E-state index is 15.0. The number of hydrogen-bond acceptors (Lipinski definition) is 6. The number of nitrogens with one attached hydrogen (secondary N) is 1. The third-order valence-electron chi connectivity index (χ3n) is 8.95. The number of amides is 3. The van der Waals surface area contributed by atoms with Crippen LogP contribution in [0.4, 0.5) is 9.59 Å². The van der Waals surface area contributed by atoms with Gasteiger partial charge in [0.25, 0.3) is 5.91 Å². The molecule has 2 fully saturated rings. The molecular weight excluding hydrogens is 592 g/mol. The monoisotopic (exact) mass is 640 g/mol. The van der Waals surface area contributed by atoms with Crippen LogP contribution in [0.5, 0.6) is 0 Å². The topological polar surface area (TPSA) is 91.4 Å². The van der Waals surface area contributed by atoms with Gasteiger partial charge in [0.15, 0.2) is 5.60 Å². The van der Waals surface area contributed by atoms with Crippen LogP contribution < -0.4 is 5.32 Å². The third kappa shape index (κ3) is 7.72.